The molecule has 1 atom stereocenters. The van der Waals surface area contributed by atoms with Crippen molar-refractivity contribution in [1.29, 1.82) is 0 Å². The lowest BCUT2D eigenvalue weighted by molar-refractivity contribution is -0.118. The van der Waals surface area contributed by atoms with Crippen LogP contribution in [-0.2, 0) is 4.79 Å². The summed E-state index contributed by atoms with van der Waals surface area (Å²) in [6.45, 7) is 7.95. The van der Waals surface area contributed by atoms with E-state index in [2.05, 4.69) is 35.8 Å². The quantitative estimate of drug-likeness (QED) is 0.616. The number of nitrogens with zero attached hydrogens (tertiary/aromatic N) is 3. The zero-order valence-corrected chi connectivity index (χ0v) is 16.2. The number of hydrogen-bond donors (Lipinski definition) is 2. The largest absolute Gasteiger partial charge is 0.508 e. The van der Waals surface area contributed by atoms with Crippen LogP contribution >= 0.6 is 11.8 Å². The Balaban J connectivity index is 1.84. The van der Waals surface area contributed by atoms with Gasteiger partial charge in [-0.2, -0.15) is 4.98 Å². The molecule has 6 nitrogen and oxygen atoms in total. The zero-order chi connectivity index (χ0) is 19.2. The second kappa shape index (κ2) is 6.56. The van der Waals surface area contributed by atoms with Crippen molar-refractivity contribution in [2.24, 2.45) is 5.41 Å². The molecule has 0 saturated carbocycles. The van der Waals surface area contributed by atoms with Crippen LogP contribution in [0.5, 0.6) is 5.75 Å². The molecule has 2 aliphatic rings. The van der Waals surface area contributed by atoms with E-state index in [1.54, 1.807) is 16.8 Å². The summed E-state index contributed by atoms with van der Waals surface area (Å²) in [6.07, 6.45) is 3.10. The maximum atomic E-state index is 13.1. The number of nitrogens with one attached hydrogen (secondary N) is 1. The molecule has 140 valence electrons. The van der Waals surface area contributed by atoms with Gasteiger partial charge in [0.15, 0.2) is 5.78 Å². The van der Waals surface area contributed by atoms with Crippen molar-refractivity contribution in [3.63, 3.8) is 0 Å². The minimum Gasteiger partial charge on any atom is -0.508 e. The molecule has 1 unspecified atom stereocenters. The SMILES string of the molecule is C=CCSc1nc2n(n1)C(c1ccc(O)cc1)C1=C(CC(C)(C)CC1=O)N2. The van der Waals surface area contributed by atoms with Gasteiger partial charge in [-0.15, -0.1) is 11.7 Å². The van der Waals surface area contributed by atoms with E-state index in [4.69, 9.17) is 0 Å². The number of aromatic hydroxyl groups is 1. The molecular weight excluding hydrogens is 360 g/mol. The summed E-state index contributed by atoms with van der Waals surface area (Å²) in [5.74, 6) is 1.68. The van der Waals surface area contributed by atoms with E-state index in [1.807, 2.05) is 18.2 Å². The van der Waals surface area contributed by atoms with Gasteiger partial charge in [-0.05, 0) is 29.5 Å². The van der Waals surface area contributed by atoms with Gasteiger partial charge in [0.05, 0.1) is 0 Å². The fourth-order valence-corrected chi connectivity index (χ4v) is 4.31. The molecule has 2 aromatic rings. The van der Waals surface area contributed by atoms with Crippen LogP contribution in [0.15, 0.2) is 53.3 Å². The Bertz CT molecular complexity index is 943. The number of phenols is 1. The van der Waals surface area contributed by atoms with Crippen LogP contribution in [0.4, 0.5) is 5.95 Å². The summed E-state index contributed by atoms with van der Waals surface area (Å²) in [5, 5.41) is 18.3. The van der Waals surface area contributed by atoms with Crippen molar-refractivity contribution in [1.82, 2.24) is 14.8 Å². The molecule has 0 radical (unpaired) electrons. The zero-order valence-electron chi connectivity index (χ0n) is 15.4. The Labute approximate surface area is 162 Å². The third-order valence-electron chi connectivity index (χ3n) is 4.85. The number of thioether (sulfide) groups is 1. The van der Waals surface area contributed by atoms with Crippen molar-refractivity contribution in [3.8, 4) is 5.75 Å². The minimum absolute atomic E-state index is 0.0922. The molecule has 0 bridgehead atoms. The van der Waals surface area contributed by atoms with E-state index in [0.29, 0.717) is 23.3 Å². The molecule has 4 rings (SSSR count). The van der Waals surface area contributed by atoms with Gasteiger partial charge < -0.3 is 10.4 Å². The maximum absolute atomic E-state index is 13.1. The van der Waals surface area contributed by atoms with Crippen LogP contribution in [0.25, 0.3) is 0 Å². The fraction of sp³-hybridized carbons (Fsp3) is 0.350. The van der Waals surface area contributed by atoms with Gasteiger partial charge in [0.2, 0.25) is 11.1 Å². The Morgan fingerprint density at radius 2 is 2.11 bits per heavy atom. The standard InChI is InChI=1S/C20H22N4O2S/c1-4-9-27-19-22-18-21-14-10-20(2,3)11-15(26)16(14)17(24(18)23-19)12-5-7-13(25)8-6-12/h4-8,17,25H,1,9-11H2,2-3H3,(H,21,22,23). The number of carbonyl (C=O) groups excluding carboxylic acids is 1. The molecule has 1 aromatic heterocycles. The summed E-state index contributed by atoms with van der Waals surface area (Å²) >= 11 is 1.50. The molecule has 0 fully saturated rings. The molecule has 1 aliphatic heterocycles. The lowest BCUT2D eigenvalue weighted by Crippen LogP contribution is -2.36. The number of Topliss-reactive ketones (excluding diaryl/α,β-unsaturated/α-hetero) is 1. The Hall–Kier alpha value is -2.54. The number of benzene rings is 1. The highest BCUT2D eigenvalue weighted by Crippen LogP contribution is 2.45. The second-order valence-corrected chi connectivity index (χ2v) is 8.70. The van der Waals surface area contributed by atoms with Crippen LogP contribution in [0, 0.1) is 5.41 Å². The van der Waals surface area contributed by atoms with Gasteiger partial charge in [-0.1, -0.05) is 43.8 Å². The summed E-state index contributed by atoms with van der Waals surface area (Å²) in [6, 6.07) is 6.61. The van der Waals surface area contributed by atoms with Crippen LogP contribution in [0.1, 0.15) is 38.3 Å². The lowest BCUT2D eigenvalue weighted by atomic mass is 9.73. The average Bonchev–Trinajstić information content (AvgIpc) is 3.00. The first-order valence-electron chi connectivity index (χ1n) is 8.90. The van der Waals surface area contributed by atoms with Gasteiger partial charge >= 0.3 is 0 Å². The Kier molecular flexibility index (Phi) is 4.34. The van der Waals surface area contributed by atoms with Crippen LogP contribution in [-0.4, -0.2) is 31.4 Å². The number of hydrogen-bond acceptors (Lipinski definition) is 6. The average molecular weight is 382 g/mol. The minimum atomic E-state index is -0.342. The monoisotopic (exact) mass is 382 g/mol. The molecule has 0 saturated heterocycles. The number of fused-ring (bicyclic) bond motifs is 1. The van der Waals surface area contributed by atoms with Gasteiger partial charge in [0, 0.05) is 23.4 Å². The van der Waals surface area contributed by atoms with Crippen molar-refractivity contribution in [2.75, 3.05) is 11.1 Å². The van der Waals surface area contributed by atoms with Crippen molar-refractivity contribution >= 4 is 23.5 Å². The van der Waals surface area contributed by atoms with E-state index in [9.17, 15) is 9.90 Å². The maximum Gasteiger partial charge on any atom is 0.227 e. The molecule has 2 heterocycles. The fourth-order valence-electron chi connectivity index (χ4n) is 3.75. The van der Waals surface area contributed by atoms with E-state index >= 15 is 0 Å². The van der Waals surface area contributed by atoms with E-state index in [0.717, 1.165) is 23.3 Å². The first kappa shape index (κ1) is 17.9. The molecule has 7 heteroatoms. The smallest absolute Gasteiger partial charge is 0.227 e. The third-order valence-corrected chi connectivity index (χ3v) is 5.69. The number of allylic oxidation sites excluding steroid dienone is 2. The molecular formula is C20H22N4O2S. The van der Waals surface area contributed by atoms with Crippen molar-refractivity contribution < 1.29 is 9.90 Å². The van der Waals surface area contributed by atoms with Crippen LogP contribution in [0.2, 0.25) is 0 Å². The molecule has 1 aromatic carbocycles. The lowest BCUT2D eigenvalue weighted by Gasteiger charge is -2.38. The number of anilines is 1. The normalized spacial score (nSPS) is 20.7. The van der Waals surface area contributed by atoms with Crippen molar-refractivity contribution in [2.45, 2.75) is 37.9 Å². The van der Waals surface area contributed by atoms with Crippen LogP contribution < -0.4 is 5.32 Å². The van der Waals surface area contributed by atoms with Gasteiger partial charge in [0.1, 0.15) is 11.8 Å². The highest BCUT2D eigenvalue weighted by Gasteiger charge is 2.41. The van der Waals surface area contributed by atoms with E-state index in [-0.39, 0.29) is 23.0 Å². The molecule has 27 heavy (non-hydrogen) atoms. The van der Waals surface area contributed by atoms with Gasteiger partial charge in [-0.3, -0.25) is 4.79 Å². The first-order chi connectivity index (χ1) is 12.9. The number of ketones is 1. The van der Waals surface area contributed by atoms with Gasteiger partial charge in [-0.25, -0.2) is 4.68 Å². The van der Waals surface area contributed by atoms with Crippen LogP contribution in [0.3, 0.4) is 0 Å². The summed E-state index contributed by atoms with van der Waals surface area (Å²) < 4.78 is 1.78. The number of carbonyl (C=O) groups is 1. The topological polar surface area (TPSA) is 80.0 Å². The van der Waals surface area contributed by atoms with E-state index < -0.39 is 0 Å². The predicted molar refractivity (Wildman–Crippen MR) is 106 cm³/mol. The number of aromatic nitrogens is 3. The molecule has 1 aliphatic carbocycles. The first-order valence-corrected chi connectivity index (χ1v) is 9.89. The summed E-state index contributed by atoms with van der Waals surface area (Å²) in [7, 11) is 0. The number of rotatable bonds is 4. The Morgan fingerprint density at radius 1 is 1.37 bits per heavy atom. The van der Waals surface area contributed by atoms with E-state index in [1.165, 1.54) is 11.8 Å². The second-order valence-electron chi connectivity index (χ2n) is 7.71. The number of phenolic OH excluding ortho intramolecular Hbond substituents is 1. The van der Waals surface area contributed by atoms with Crippen molar-refractivity contribution in [3.05, 3.63) is 53.8 Å². The molecule has 0 spiro atoms. The predicted octanol–water partition coefficient (Wildman–Crippen LogP) is 3.92. The third kappa shape index (κ3) is 3.27. The summed E-state index contributed by atoms with van der Waals surface area (Å²) in [5.41, 5.74) is 2.49. The highest BCUT2D eigenvalue weighted by molar-refractivity contribution is 7.99. The Morgan fingerprint density at radius 3 is 2.81 bits per heavy atom. The summed E-state index contributed by atoms with van der Waals surface area (Å²) in [4.78, 5) is 17.7. The van der Waals surface area contributed by atoms with Gasteiger partial charge in [0.25, 0.3) is 0 Å². The molecule has 0 amide bonds. The molecule has 2 N–H and O–H groups in total. The highest BCUT2D eigenvalue weighted by atomic mass is 32.2.